The summed E-state index contributed by atoms with van der Waals surface area (Å²) in [6.45, 7) is 0.0627. The summed E-state index contributed by atoms with van der Waals surface area (Å²) in [6.07, 6.45) is 0.186. The first-order valence-electron chi connectivity index (χ1n) is 23.4. The fourth-order valence-electron chi connectivity index (χ4n) is 7.66. The molecule has 468 valence electrons. The molecule has 0 saturated heterocycles. The van der Waals surface area contributed by atoms with Gasteiger partial charge in [-0.15, -0.1) is 20.5 Å². The molecule has 8 aromatic rings. The predicted octanol–water partition coefficient (Wildman–Crippen LogP) is -17.8. The first kappa shape index (κ1) is 86.9. The Morgan fingerprint density at radius 2 is 0.726 bits per heavy atom. The van der Waals surface area contributed by atoms with Crippen molar-refractivity contribution in [1.82, 2.24) is 29.9 Å². The molecule has 0 spiro atoms. The number of aliphatic imine (C=N–C) groups is 2. The molecular weight excluding hydrogens is 1450 g/mol. The summed E-state index contributed by atoms with van der Waals surface area (Å²) in [5, 5.41) is 72.7. The summed E-state index contributed by atoms with van der Waals surface area (Å²) in [5.41, 5.74) is 7.50. The minimum Gasteiger partial charge on any atom is -0.846 e. The number of benzene rings is 6. The second kappa shape index (κ2) is 34.8. The van der Waals surface area contributed by atoms with Crippen LogP contribution < -0.4 is 231 Å². The number of azo groups is 2. The van der Waals surface area contributed by atoms with Crippen molar-refractivity contribution in [2.45, 2.75) is 35.8 Å². The van der Waals surface area contributed by atoms with Crippen molar-refractivity contribution in [1.29, 1.82) is 0 Å². The standard InChI is InChI=1S/C43H38N18O22S6.6Na/c44-36(62)50-28-12-20(2-4-26(28)58-60-30-16-24-18(10-34(30)88(78,79)80)8-22(84(66,67)68)14-32(24)86(72,73)74)48-40-52-38(54-42(64)56-40)46-6-1-7-47-39-53-41(57-43(65)55-39)49-21-3-5-27(29(13-21)51-37(45)63)59-61-31-17-25-19(11-35(31)89(81,82)83)9-23(85(69,70)71)15-33(25)87(75,76)77;;;;;;/h2-5,8-17H,1,6-7H2,(H3,44,50,62)(H3,45,51,63)(H,66,67,68)(H,69,70,71)(H,72,73,74)(H,75,76,77)(H,78,79,80)(H,81,82,83)(H3,46,48,52,54,56,64)(H3,47,49,53,55,57,65);;;;;;/q;6*+1/p-6. The third-order valence-electron chi connectivity index (χ3n) is 11.2. The Bertz CT molecular complexity index is 4810. The van der Waals surface area contributed by atoms with E-state index in [1.54, 1.807) is 0 Å². The number of hydrogen-bond donors (Lipinski definition) is 10. The van der Waals surface area contributed by atoms with E-state index in [0.29, 0.717) is 48.5 Å². The largest absolute Gasteiger partial charge is 1.00 e. The molecule has 2 aromatic heterocycles. The molecule has 0 aliphatic heterocycles. The second-order valence-corrected chi connectivity index (χ2v) is 25.7. The fourth-order valence-corrected chi connectivity index (χ4v) is 11.6. The van der Waals surface area contributed by atoms with Gasteiger partial charge in [-0.05, 0) is 102 Å². The van der Waals surface area contributed by atoms with Crippen molar-refractivity contribution in [2.24, 2.45) is 41.9 Å². The minimum atomic E-state index is -5.39. The summed E-state index contributed by atoms with van der Waals surface area (Å²) < 4.78 is 209. The van der Waals surface area contributed by atoms with Crippen molar-refractivity contribution in [3.63, 3.8) is 0 Å². The van der Waals surface area contributed by atoms with Gasteiger partial charge in [0.15, 0.2) is 0 Å². The van der Waals surface area contributed by atoms with E-state index in [9.17, 15) is 98.2 Å². The Kier molecular flexibility index (Phi) is 31.8. The molecule has 0 aliphatic rings. The van der Waals surface area contributed by atoms with E-state index in [1.807, 2.05) is 0 Å². The Morgan fingerprint density at radius 1 is 0.411 bits per heavy atom. The molecular formula is C43H32N18Na6O22S6. The molecule has 0 fully saturated rings. The van der Waals surface area contributed by atoms with E-state index in [4.69, 9.17) is 11.5 Å². The third kappa shape index (κ3) is 23.5. The van der Waals surface area contributed by atoms with Gasteiger partial charge in [0.25, 0.3) is 40.5 Å². The van der Waals surface area contributed by atoms with Crippen molar-refractivity contribution < 1.29 is 276 Å². The number of aromatic nitrogens is 6. The maximum Gasteiger partial charge on any atom is 1.00 e. The average Bonchev–Trinajstić information content (AvgIpc) is 0.767. The van der Waals surface area contributed by atoms with Crippen LogP contribution >= 0.6 is 0 Å². The molecule has 0 saturated carbocycles. The van der Waals surface area contributed by atoms with E-state index < -0.39 is 147 Å². The summed E-state index contributed by atoms with van der Waals surface area (Å²) in [7, 11) is -32.0. The van der Waals surface area contributed by atoms with Gasteiger partial charge in [0.1, 0.15) is 62.6 Å². The molecule has 0 amide bonds. The van der Waals surface area contributed by atoms with Crippen LogP contribution in [-0.4, -0.2) is 133 Å². The minimum absolute atomic E-state index is 0. The number of nitrogens with zero attached hydrogens (tertiary/aromatic N) is 12. The Balaban J connectivity index is 0.00000512. The van der Waals surface area contributed by atoms with Crippen LogP contribution in [-0.2, 0) is 60.7 Å². The average molecular weight is 1480 g/mol. The zero-order valence-electron chi connectivity index (χ0n) is 49.3. The summed E-state index contributed by atoms with van der Waals surface area (Å²) in [5.74, 6) is -1.28. The molecule has 0 bridgehead atoms. The third-order valence-corrected chi connectivity index (χ3v) is 16.4. The van der Waals surface area contributed by atoms with Gasteiger partial charge in [-0.1, -0.05) is 0 Å². The molecule has 8 rings (SSSR count). The van der Waals surface area contributed by atoms with Crippen LogP contribution in [0.3, 0.4) is 0 Å². The molecule has 0 aliphatic carbocycles. The van der Waals surface area contributed by atoms with Gasteiger partial charge in [0, 0.05) is 35.2 Å². The number of anilines is 6. The van der Waals surface area contributed by atoms with Crippen LogP contribution in [0.5, 0.6) is 12.0 Å². The van der Waals surface area contributed by atoms with Gasteiger partial charge in [0.05, 0.1) is 45.2 Å². The summed E-state index contributed by atoms with van der Waals surface area (Å²) >= 11 is 0. The topological polar surface area (TPSA) is 676 Å². The molecule has 0 unspecified atom stereocenters. The first-order valence-corrected chi connectivity index (χ1v) is 31.9. The van der Waals surface area contributed by atoms with Crippen LogP contribution in [0.25, 0.3) is 21.5 Å². The molecule has 0 atom stereocenters. The van der Waals surface area contributed by atoms with Crippen LogP contribution in [0.1, 0.15) is 6.42 Å². The SMILES string of the molecule is NC([O-])=Nc1cc(Nc2nc([O-])nc(NCCCNc3nc([O-])nc(Nc4ccc(N=Nc5cc6c(S(=O)(=O)O)cc(S(=O)(=O)[O-])cc6cc5S(=O)(=O)O)c(N=C(N)[O-])c4)n3)n2)ccc1N=Nc1cc2c(S(=O)(=O)O)cc(S(=O)(=O)[O-])cc2cc1S(=O)(=O)O.[Na+].[Na+].[Na+].[Na+].[Na+].[Na+]. The van der Waals surface area contributed by atoms with Crippen molar-refractivity contribution >= 4 is 164 Å². The van der Waals surface area contributed by atoms with Gasteiger partial charge >= 0.3 is 177 Å². The van der Waals surface area contributed by atoms with Crippen LogP contribution in [0.4, 0.5) is 69.3 Å². The zero-order chi connectivity index (χ0) is 65.3. The number of nitrogens with two attached hydrogens (primary N) is 2. The molecule has 0 radical (unpaired) electrons. The first-order chi connectivity index (χ1) is 41.3. The summed E-state index contributed by atoms with van der Waals surface area (Å²) in [6, 6.07) is 6.41. The molecule has 40 nitrogen and oxygen atoms in total. The molecule has 52 heteroatoms. The number of fused-ring (bicyclic) bond motifs is 2. The fraction of sp³-hybridized carbons (Fsp3) is 0.0698. The van der Waals surface area contributed by atoms with Crippen molar-refractivity contribution in [3.05, 3.63) is 84.9 Å². The normalized spacial score (nSPS) is 12.3. The van der Waals surface area contributed by atoms with Gasteiger partial charge in [-0.25, -0.2) is 46.8 Å². The van der Waals surface area contributed by atoms with Crippen LogP contribution in [0.2, 0.25) is 0 Å². The van der Waals surface area contributed by atoms with Gasteiger partial charge in [-0.3, -0.25) is 18.2 Å². The molecule has 6 aromatic carbocycles. The van der Waals surface area contributed by atoms with E-state index in [2.05, 4.69) is 81.6 Å². The van der Waals surface area contributed by atoms with E-state index in [-0.39, 0.29) is 255 Å². The van der Waals surface area contributed by atoms with E-state index in [1.165, 1.54) is 12.1 Å². The molecule has 2 heterocycles. The van der Waals surface area contributed by atoms with Crippen LogP contribution in [0.15, 0.2) is 145 Å². The van der Waals surface area contributed by atoms with Gasteiger partial charge < -0.3 is 62.3 Å². The van der Waals surface area contributed by atoms with Gasteiger partial charge in [-0.2, -0.15) is 43.6 Å². The van der Waals surface area contributed by atoms with Gasteiger partial charge in [0.2, 0.25) is 23.8 Å². The van der Waals surface area contributed by atoms with Crippen LogP contribution in [0, 0.1) is 0 Å². The smallest absolute Gasteiger partial charge is 0.846 e. The Morgan fingerprint density at radius 3 is 1.03 bits per heavy atom. The number of hydrogen-bond acceptors (Lipinski definition) is 34. The monoisotopic (exact) mass is 1480 g/mol. The number of nitrogens with one attached hydrogen (secondary N) is 4. The zero-order valence-corrected chi connectivity index (χ0v) is 66.2. The quantitative estimate of drug-likeness (QED) is 0.00752. The summed E-state index contributed by atoms with van der Waals surface area (Å²) in [4.78, 5) is 23.2. The number of amidine groups is 2. The van der Waals surface area contributed by atoms with E-state index in [0.717, 1.165) is 24.3 Å². The van der Waals surface area contributed by atoms with Crippen molar-refractivity contribution in [3.8, 4) is 12.0 Å². The predicted molar refractivity (Wildman–Crippen MR) is 294 cm³/mol. The molecule has 95 heavy (non-hydrogen) atoms. The maximum atomic E-state index is 12.5. The maximum absolute atomic E-state index is 12.5. The molecule has 12 N–H and O–H groups in total. The second-order valence-electron chi connectivity index (χ2n) is 17.4. The number of rotatable bonds is 22. The Labute approximate surface area is 668 Å². The van der Waals surface area contributed by atoms with Crippen molar-refractivity contribution in [2.75, 3.05) is 34.4 Å². The van der Waals surface area contributed by atoms with E-state index >= 15 is 0 Å². The Hall–Kier alpha value is -4.14.